The molecule has 1 heterocycles. The number of nitrogens with zero attached hydrogens (tertiary/aromatic N) is 5. The summed E-state index contributed by atoms with van der Waals surface area (Å²) in [6.45, 7) is 4.94. The van der Waals surface area contributed by atoms with E-state index in [4.69, 9.17) is 16.3 Å². The number of likely N-dealkylation sites (N-methyl/N-ethyl adjacent to an activating group) is 2. The molecule has 0 unspecified atom stereocenters. The summed E-state index contributed by atoms with van der Waals surface area (Å²) in [4.78, 5) is 25.4. The number of methoxy groups -OCH3 is 1. The molecule has 0 aliphatic rings. The van der Waals surface area contributed by atoms with Crippen molar-refractivity contribution in [1.29, 1.82) is 0 Å². The highest BCUT2D eigenvalue weighted by Gasteiger charge is 2.19. The summed E-state index contributed by atoms with van der Waals surface area (Å²) < 4.78 is 31.4. The summed E-state index contributed by atoms with van der Waals surface area (Å²) in [5.41, 5.74) is 3.51. The van der Waals surface area contributed by atoms with Gasteiger partial charge in [0, 0.05) is 33.3 Å². The van der Waals surface area contributed by atoms with Crippen LogP contribution in [-0.2, 0) is 14.8 Å². The van der Waals surface area contributed by atoms with Crippen molar-refractivity contribution < 1.29 is 17.9 Å². The molecule has 0 atom stereocenters. The van der Waals surface area contributed by atoms with E-state index >= 15 is 0 Å². The summed E-state index contributed by atoms with van der Waals surface area (Å²) in [6, 6.07) is 8.87. The third-order valence-electron chi connectivity index (χ3n) is 6.33. The van der Waals surface area contributed by atoms with Crippen LogP contribution in [0.3, 0.4) is 0 Å². The Morgan fingerprint density at radius 3 is 2.37 bits per heavy atom. The smallest absolute Gasteiger partial charge is 0.300 e. The van der Waals surface area contributed by atoms with E-state index < -0.39 is 15.9 Å². The van der Waals surface area contributed by atoms with Crippen molar-refractivity contribution in [1.82, 2.24) is 14.9 Å². The number of rotatable bonds is 12. The topological polar surface area (TPSA) is 132 Å². The average Bonchev–Trinajstić information content (AvgIpc) is 2.93. The zero-order chi connectivity index (χ0) is 31.9. The van der Waals surface area contributed by atoms with Crippen LogP contribution >= 0.6 is 11.6 Å². The summed E-state index contributed by atoms with van der Waals surface area (Å²) >= 11 is 6.44. The van der Waals surface area contributed by atoms with Gasteiger partial charge in [0.15, 0.2) is 5.82 Å². The molecule has 14 heteroatoms. The van der Waals surface area contributed by atoms with Crippen molar-refractivity contribution in [3.8, 4) is 17.6 Å². The van der Waals surface area contributed by atoms with Gasteiger partial charge in [0.1, 0.15) is 10.8 Å². The summed E-state index contributed by atoms with van der Waals surface area (Å²) in [5.74, 6) is 5.56. The van der Waals surface area contributed by atoms with Gasteiger partial charge in [0.05, 0.1) is 48.0 Å². The first-order valence-corrected chi connectivity index (χ1v) is 15.4. The number of carbonyl (C=O) groups is 1. The van der Waals surface area contributed by atoms with Crippen molar-refractivity contribution in [2.75, 3.05) is 79.8 Å². The maximum Gasteiger partial charge on any atom is 0.300 e. The lowest BCUT2D eigenvalue weighted by Crippen LogP contribution is -2.29. The lowest BCUT2D eigenvalue weighted by atomic mass is 10.2. The van der Waals surface area contributed by atoms with Crippen LogP contribution in [0, 0.1) is 18.8 Å². The van der Waals surface area contributed by atoms with E-state index in [0.717, 1.165) is 24.1 Å². The molecule has 3 aromatic rings. The highest BCUT2D eigenvalue weighted by atomic mass is 35.5. The molecule has 2 aromatic carbocycles. The largest absolute Gasteiger partial charge is 0.494 e. The first-order valence-electron chi connectivity index (χ1n) is 13.2. The molecule has 1 aromatic heterocycles. The number of ether oxygens (including phenoxy) is 1. The average molecular weight is 629 g/mol. The summed E-state index contributed by atoms with van der Waals surface area (Å²) in [5, 5.41) is 9.34. The van der Waals surface area contributed by atoms with E-state index in [0.29, 0.717) is 35.0 Å². The minimum atomic E-state index is -3.53. The third-order valence-corrected chi connectivity index (χ3v) is 7.80. The Morgan fingerprint density at radius 1 is 1.02 bits per heavy atom. The molecule has 0 radical (unpaired) electrons. The molecule has 0 aliphatic carbocycles. The molecule has 230 valence electrons. The number of amides is 1. The number of benzene rings is 2. The fourth-order valence-electron chi connectivity index (χ4n) is 3.94. The Bertz CT molecular complexity index is 1650. The summed E-state index contributed by atoms with van der Waals surface area (Å²) in [7, 11) is 5.38. The van der Waals surface area contributed by atoms with Crippen LogP contribution in [0.4, 0.5) is 40.2 Å². The number of anilines is 7. The first-order chi connectivity index (χ1) is 20.2. The van der Waals surface area contributed by atoms with Gasteiger partial charge in [0.2, 0.25) is 16.0 Å². The zero-order valence-corrected chi connectivity index (χ0v) is 27.1. The molecule has 0 fully saturated rings. The lowest BCUT2D eigenvalue weighted by Gasteiger charge is -2.25. The maximum absolute atomic E-state index is 12.4. The lowest BCUT2D eigenvalue weighted by molar-refractivity contribution is -0.111. The Kier molecular flexibility index (Phi) is 11.0. The van der Waals surface area contributed by atoms with Crippen LogP contribution in [0.5, 0.6) is 5.75 Å². The third kappa shape index (κ3) is 8.87. The number of aryl methyl sites for hydroxylation is 1. The fraction of sp³-hybridized carbons (Fsp3) is 0.345. The second-order valence-electron chi connectivity index (χ2n) is 10.0. The van der Waals surface area contributed by atoms with Crippen LogP contribution in [0.1, 0.15) is 12.5 Å². The minimum absolute atomic E-state index is 0.176. The molecule has 3 rings (SSSR count). The van der Waals surface area contributed by atoms with Crippen molar-refractivity contribution >= 4 is 67.7 Å². The van der Waals surface area contributed by atoms with Gasteiger partial charge in [-0.15, -0.1) is 0 Å². The van der Waals surface area contributed by atoms with Crippen molar-refractivity contribution in [2.24, 2.45) is 0 Å². The van der Waals surface area contributed by atoms with Gasteiger partial charge in [-0.3, -0.25) is 9.10 Å². The molecular formula is C29H37ClN8O4S. The predicted molar refractivity (Wildman–Crippen MR) is 175 cm³/mol. The zero-order valence-electron chi connectivity index (χ0n) is 25.5. The molecule has 0 spiro atoms. The Morgan fingerprint density at radius 2 is 1.74 bits per heavy atom. The Balaban J connectivity index is 2.02. The van der Waals surface area contributed by atoms with Crippen LogP contribution in [0.25, 0.3) is 0 Å². The monoisotopic (exact) mass is 628 g/mol. The highest BCUT2D eigenvalue weighted by molar-refractivity contribution is 7.92. The molecule has 12 nitrogen and oxygen atoms in total. The molecule has 43 heavy (non-hydrogen) atoms. The van der Waals surface area contributed by atoms with E-state index in [-0.39, 0.29) is 16.8 Å². The number of nitrogens with one attached hydrogen (secondary N) is 3. The second kappa shape index (κ2) is 14.3. The van der Waals surface area contributed by atoms with Gasteiger partial charge < -0.3 is 30.5 Å². The molecule has 0 bridgehead atoms. The number of halogens is 1. The number of sulfonamides is 1. The van der Waals surface area contributed by atoms with E-state index in [1.54, 1.807) is 25.1 Å². The van der Waals surface area contributed by atoms with Crippen LogP contribution in [0.2, 0.25) is 5.02 Å². The molecule has 3 N–H and O–H groups in total. The molecule has 0 aliphatic heterocycles. The van der Waals surface area contributed by atoms with Gasteiger partial charge in [-0.25, -0.2) is 13.4 Å². The van der Waals surface area contributed by atoms with Gasteiger partial charge in [-0.1, -0.05) is 23.6 Å². The van der Waals surface area contributed by atoms with E-state index in [1.165, 1.54) is 24.7 Å². The normalized spacial score (nSPS) is 10.9. The van der Waals surface area contributed by atoms with Crippen LogP contribution in [0.15, 0.2) is 36.5 Å². The molecular weight excluding hydrogens is 592 g/mol. The van der Waals surface area contributed by atoms with Gasteiger partial charge in [-0.05, 0) is 57.6 Å². The first kappa shape index (κ1) is 33.3. The van der Waals surface area contributed by atoms with Crippen molar-refractivity contribution in [3.63, 3.8) is 0 Å². The van der Waals surface area contributed by atoms with Gasteiger partial charge >= 0.3 is 0 Å². The molecule has 0 saturated heterocycles. The highest BCUT2D eigenvalue weighted by Crippen LogP contribution is 2.38. The van der Waals surface area contributed by atoms with Gasteiger partial charge in [0.25, 0.3) is 5.91 Å². The number of hydrogen-bond donors (Lipinski definition) is 3. The van der Waals surface area contributed by atoms with Crippen LogP contribution in [-0.4, -0.2) is 83.8 Å². The summed E-state index contributed by atoms with van der Waals surface area (Å²) in [6.07, 6.45) is 2.55. The van der Waals surface area contributed by atoms with Crippen LogP contribution < -0.4 is 29.9 Å². The Hall–Kier alpha value is -4.25. The van der Waals surface area contributed by atoms with E-state index in [1.807, 2.05) is 45.1 Å². The van der Waals surface area contributed by atoms with E-state index in [2.05, 4.69) is 42.7 Å². The Labute approximate surface area is 258 Å². The number of aromatic nitrogens is 2. The molecule has 0 saturated carbocycles. The second-order valence-corrected chi connectivity index (χ2v) is 12.4. The molecule has 1 amide bonds. The van der Waals surface area contributed by atoms with Crippen molar-refractivity contribution in [2.45, 2.75) is 13.8 Å². The standard InChI is InChI=1S/C29H37ClN8O4S/c1-9-10-27(39)32-22-16-23(26(42-7)17-24(22)37(5)14-13-36(3)4)34-29-31-18-20(30)28(35-29)33-21-12-11-19(2)15-25(21)38(6)43(8,40)41/h11-12,15-18H,13-14H2,1-8H3,(H,32,39)(H2,31,33,34,35). The van der Waals surface area contributed by atoms with E-state index in [9.17, 15) is 13.2 Å². The predicted octanol–water partition coefficient (Wildman–Crippen LogP) is 4.29. The number of carbonyl (C=O) groups excluding carboxylic acids is 1. The SMILES string of the molecule is CC#CC(=O)Nc1cc(Nc2ncc(Cl)c(Nc3ccc(C)cc3N(C)S(C)(=O)=O)n2)c(OC)cc1N(C)CCN(C)C. The van der Waals surface area contributed by atoms with Gasteiger partial charge in [-0.2, -0.15) is 4.98 Å². The quantitative estimate of drug-likeness (QED) is 0.250. The number of hydrogen-bond acceptors (Lipinski definition) is 10. The minimum Gasteiger partial charge on any atom is -0.494 e. The maximum atomic E-state index is 12.4. The van der Waals surface area contributed by atoms with Crippen molar-refractivity contribution in [3.05, 3.63) is 47.1 Å². The fourth-order valence-corrected chi connectivity index (χ4v) is 4.59.